The third-order valence-electron chi connectivity index (χ3n) is 5.24. The fourth-order valence-corrected chi connectivity index (χ4v) is 3.82. The summed E-state index contributed by atoms with van der Waals surface area (Å²) in [7, 11) is 3.07. The van der Waals surface area contributed by atoms with Crippen LogP contribution in [0.15, 0.2) is 48.5 Å². The lowest BCUT2D eigenvalue weighted by Crippen LogP contribution is -2.39. The van der Waals surface area contributed by atoms with Crippen molar-refractivity contribution in [2.45, 2.75) is 32.7 Å². The topological polar surface area (TPSA) is 108 Å². The van der Waals surface area contributed by atoms with Crippen molar-refractivity contribution in [2.75, 3.05) is 14.2 Å². The van der Waals surface area contributed by atoms with Crippen LogP contribution in [0.1, 0.15) is 37.2 Å². The first-order valence-corrected chi connectivity index (χ1v) is 10.9. The van der Waals surface area contributed by atoms with E-state index in [1.54, 1.807) is 36.4 Å². The second-order valence-corrected chi connectivity index (χ2v) is 8.31. The predicted molar refractivity (Wildman–Crippen MR) is 127 cm³/mol. The van der Waals surface area contributed by atoms with Crippen LogP contribution >= 0.6 is 0 Å². The molecule has 0 saturated heterocycles. The minimum Gasteiger partial charge on any atom is -0.496 e. The van der Waals surface area contributed by atoms with Gasteiger partial charge in [-0.2, -0.15) is 5.10 Å². The highest BCUT2D eigenvalue weighted by Crippen LogP contribution is 2.39. The van der Waals surface area contributed by atoms with Crippen LogP contribution in [0, 0.1) is 11.7 Å². The van der Waals surface area contributed by atoms with Crippen LogP contribution in [0.5, 0.6) is 11.5 Å². The maximum atomic E-state index is 13.6. The first kappa shape index (κ1) is 24.8. The number of methoxy groups -OCH3 is 2. The standard InChI is InChI=1S/C25H29FN4O4/c1-15(2)12-17(13-23(27)31)28-25(32)19-14-20(24-21(33-3)6-5-7-22(24)34-4)30(29-19)18-10-8-16(26)9-11-18/h5-11,14-15,17H,12-13H2,1-4H3,(H2,27,31)(H,28,32)/t17-/m0/s1. The second kappa shape index (κ2) is 10.8. The number of primary amides is 1. The minimum atomic E-state index is -0.498. The van der Waals surface area contributed by atoms with Gasteiger partial charge in [-0.05, 0) is 54.8 Å². The first-order valence-electron chi connectivity index (χ1n) is 10.9. The molecule has 0 fully saturated rings. The number of benzene rings is 2. The summed E-state index contributed by atoms with van der Waals surface area (Å²) in [5.41, 5.74) is 7.13. The van der Waals surface area contributed by atoms with E-state index in [9.17, 15) is 14.0 Å². The van der Waals surface area contributed by atoms with Crippen LogP contribution in [0.4, 0.5) is 4.39 Å². The average molecular weight is 469 g/mol. The van der Waals surface area contributed by atoms with E-state index in [0.29, 0.717) is 34.9 Å². The molecule has 0 aliphatic carbocycles. The Hall–Kier alpha value is -3.88. The number of hydrogen-bond acceptors (Lipinski definition) is 5. The number of rotatable bonds is 10. The molecule has 9 heteroatoms. The summed E-state index contributed by atoms with van der Waals surface area (Å²) in [6.07, 6.45) is 0.607. The van der Waals surface area contributed by atoms with Crippen LogP contribution in [0.25, 0.3) is 16.9 Å². The van der Waals surface area contributed by atoms with Crippen molar-refractivity contribution < 1.29 is 23.5 Å². The summed E-state index contributed by atoms with van der Waals surface area (Å²) in [5, 5.41) is 7.37. The molecule has 180 valence electrons. The quantitative estimate of drug-likeness (QED) is 0.472. The van der Waals surface area contributed by atoms with E-state index in [2.05, 4.69) is 10.4 Å². The monoisotopic (exact) mass is 468 g/mol. The van der Waals surface area contributed by atoms with Crippen LogP contribution in [0.3, 0.4) is 0 Å². The lowest BCUT2D eigenvalue weighted by Gasteiger charge is -2.18. The Morgan fingerprint density at radius 2 is 1.71 bits per heavy atom. The molecule has 2 aromatic carbocycles. The minimum absolute atomic E-state index is 0.0236. The molecular formula is C25H29FN4O4. The van der Waals surface area contributed by atoms with Crippen LogP contribution in [-0.4, -0.2) is 41.9 Å². The number of nitrogens with one attached hydrogen (secondary N) is 1. The molecule has 1 heterocycles. The molecule has 0 radical (unpaired) electrons. The van der Waals surface area contributed by atoms with Crippen LogP contribution < -0.4 is 20.5 Å². The lowest BCUT2D eigenvalue weighted by atomic mass is 10.0. The highest BCUT2D eigenvalue weighted by atomic mass is 19.1. The molecule has 3 N–H and O–H groups in total. The van der Waals surface area contributed by atoms with Crippen molar-refractivity contribution in [3.63, 3.8) is 0 Å². The second-order valence-electron chi connectivity index (χ2n) is 8.31. The van der Waals surface area contributed by atoms with Gasteiger partial charge in [0.25, 0.3) is 5.91 Å². The summed E-state index contributed by atoms with van der Waals surface area (Å²) in [6.45, 7) is 3.99. The maximum absolute atomic E-state index is 13.6. The molecule has 0 aliphatic rings. The molecule has 0 spiro atoms. The summed E-state index contributed by atoms with van der Waals surface area (Å²) in [6, 6.07) is 12.2. The summed E-state index contributed by atoms with van der Waals surface area (Å²) >= 11 is 0. The fourth-order valence-electron chi connectivity index (χ4n) is 3.82. The molecular weight excluding hydrogens is 439 g/mol. The SMILES string of the molecule is COc1cccc(OC)c1-c1cc(C(=O)N[C@H](CC(N)=O)CC(C)C)nn1-c1ccc(F)cc1. The van der Waals surface area contributed by atoms with Gasteiger partial charge in [-0.1, -0.05) is 19.9 Å². The largest absolute Gasteiger partial charge is 0.496 e. The third kappa shape index (κ3) is 5.72. The zero-order valence-corrected chi connectivity index (χ0v) is 19.7. The van der Waals surface area contributed by atoms with Crippen molar-refractivity contribution in [1.29, 1.82) is 0 Å². The number of hydrogen-bond donors (Lipinski definition) is 2. The average Bonchev–Trinajstić information content (AvgIpc) is 3.23. The van der Waals surface area contributed by atoms with E-state index in [1.807, 2.05) is 13.8 Å². The molecule has 1 aromatic heterocycles. The van der Waals surface area contributed by atoms with Gasteiger partial charge >= 0.3 is 0 Å². The third-order valence-corrected chi connectivity index (χ3v) is 5.24. The van der Waals surface area contributed by atoms with E-state index in [1.165, 1.54) is 31.0 Å². The number of nitrogens with zero attached hydrogens (tertiary/aromatic N) is 2. The number of nitrogens with two attached hydrogens (primary N) is 1. The zero-order valence-electron chi connectivity index (χ0n) is 19.7. The van der Waals surface area contributed by atoms with Gasteiger partial charge in [0, 0.05) is 12.5 Å². The van der Waals surface area contributed by atoms with E-state index in [4.69, 9.17) is 15.2 Å². The van der Waals surface area contributed by atoms with Gasteiger partial charge in [-0.3, -0.25) is 9.59 Å². The first-order chi connectivity index (χ1) is 16.2. The molecule has 0 saturated carbocycles. The van der Waals surface area contributed by atoms with Gasteiger partial charge < -0.3 is 20.5 Å². The van der Waals surface area contributed by atoms with E-state index >= 15 is 0 Å². The Bertz CT molecular complexity index is 1140. The van der Waals surface area contributed by atoms with Crippen LogP contribution in [0.2, 0.25) is 0 Å². The number of ether oxygens (including phenoxy) is 2. The normalized spacial score (nSPS) is 11.8. The Kier molecular flexibility index (Phi) is 7.88. The van der Waals surface area contributed by atoms with Crippen molar-refractivity contribution >= 4 is 11.8 Å². The van der Waals surface area contributed by atoms with Gasteiger partial charge in [0.2, 0.25) is 5.91 Å². The molecule has 0 unspecified atom stereocenters. The van der Waals surface area contributed by atoms with Crippen molar-refractivity contribution in [3.8, 4) is 28.4 Å². The Morgan fingerprint density at radius 1 is 1.09 bits per heavy atom. The van der Waals surface area contributed by atoms with Gasteiger partial charge in [0.1, 0.15) is 17.3 Å². The molecule has 0 bridgehead atoms. The van der Waals surface area contributed by atoms with Gasteiger partial charge in [0.15, 0.2) is 5.69 Å². The molecule has 34 heavy (non-hydrogen) atoms. The lowest BCUT2D eigenvalue weighted by molar-refractivity contribution is -0.118. The Morgan fingerprint density at radius 3 is 2.24 bits per heavy atom. The van der Waals surface area contributed by atoms with E-state index in [-0.39, 0.29) is 18.0 Å². The number of amides is 2. The zero-order chi connectivity index (χ0) is 24.8. The van der Waals surface area contributed by atoms with Crippen molar-refractivity contribution in [2.24, 2.45) is 11.7 Å². The maximum Gasteiger partial charge on any atom is 0.272 e. The van der Waals surface area contributed by atoms with Crippen molar-refractivity contribution in [1.82, 2.24) is 15.1 Å². The number of aromatic nitrogens is 2. The highest BCUT2D eigenvalue weighted by Gasteiger charge is 2.24. The number of carbonyl (C=O) groups excluding carboxylic acids is 2. The summed E-state index contributed by atoms with van der Waals surface area (Å²) in [5.74, 6) is -0.0739. The molecule has 3 aromatic rings. The summed E-state index contributed by atoms with van der Waals surface area (Å²) < 4.78 is 26.2. The summed E-state index contributed by atoms with van der Waals surface area (Å²) in [4.78, 5) is 24.6. The van der Waals surface area contributed by atoms with Gasteiger partial charge in [-0.25, -0.2) is 9.07 Å². The number of carbonyl (C=O) groups is 2. The van der Waals surface area contributed by atoms with Crippen molar-refractivity contribution in [3.05, 3.63) is 60.0 Å². The Balaban J connectivity index is 2.10. The van der Waals surface area contributed by atoms with Gasteiger partial charge in [-0.15, -0.1) is 0 Å². The highest BCUT2D eigenvalue weighted by molar-refractivity contribution is 5.94. The number of halogens is 1. The van der Waals surface area contributed by atoms with E-state index in [0.717, 1.165) is 0 Å². The van der Waals surface area contributed by atoms with Gasteiger partial charge in [0.05, 0.1) is 31.2 Å². The molecule has 3 rings (SSSR count). The van der Waals surface area contributed by atoms with Crippen LogP contribution in [-0.2, 0) is 4.79 Å². The molecule has 1 atom stereocenters. The van der Waals surface area contributed by atoms with E-state index < -0.39 is 23.7 Å². The molecule has 2 amide bonds. The fraction of sp³-hybridized carbons (Fsp3) is 0.320. The molecule has 0 aliphatic heterocycles. The predicted octanol–water partition coefficient (Wildman–Crippen LogP) is 3.72. The smallest absolute Gasteiger partial charge is 0.272 e. The molecule has 8 nitrogen and oxygen atoms in total. The Labute approximate surface area is 197 Å².